The third kappa shape index (κ3) is 3.03. The standard InChI is InChI=1S/C16H14ClFN4O/c1-9(2)22-15-10(7-20-22)5-12(8-19-15)21-16(23)13-4-3-11(17)6-14(13)18/h3-9H,1-2H3,(H,21,23). The molecular weight excluding hydrogens is 319 g/mol. The van der Waals surface area contributed by atoms with Gasteiger partial charge in [-0.15, -0.1) is 0 Å². The van der Waals surface area contributed by atoms with Gasteiger partial charge in [0.2, 0.25) is 0 Å². The third-order valence-electron chi connectivity index (χ3n) is 3.36. The number of nitrogens with one attached hydrogen (secondary N) is 1. The average Bonchev–Trinajstić information content (AvgIpc) is 2.90. The smallest absolute Gasteiger partial charge is 0.258 e. The van der Waals surface area contributed by atoms with Gasteiger partial charge in [-0.1, -0.05) is 11.6 Å². The summed E-state index contributed by atoms with van der Waals surface area (Å²) in [6.45, 7) is 4.01. The van der Waals surface area contributed by atoms with Crippen molar-refractivity contribution in [2.24, 2.45) is 0 Å². The van der Waals surface area contributed by atoms with E-state index >= 15 is 0 Å². The number of nitrogens with zero attached hydrogens (tertiary/aromatic N) is 3. The van der Waals surface area contributed by atoms with E-state index in [9.17, 15) is 9.18 Å². The monoisotopic (exact) mass is 332 g/mol. The van der Waals surface area contributed by atoms with Crippen LogP contribution in [0, 0.1) is 5.82 Å². The van der Waals surface area contributed by atoms with Crippen molar-refractivity contribution < 1.29 is 9.18 Å². The molecule has 0 aliphatic heterocycles. The average molecular weight is 333 g/mol. The van der Waals surface area contributed by atoms with E-state index in [2.05, 4.69) is 15.4 Å². The Hall–Kier alpha value is -2.47. The number of carbonyl (C=O) groups is 1. The summed E-state index contributed by atoms with van der Waals surface area (Å²) in [5.74, 6) is -1.23. The van der Waals surface area contributed by atoms with Crippen molar-refractivity contribution in [3.05, 3.63) is 53.1 Å². The van der Waals surface area contributed by atoms with Crippen LogP contribution in [0.25, 0.3) is 11.0 Å². The summed E-state index contributed by atoms with van der Waals surface area (Å²) in [7, 11) is 0. The number of hydrogen-bond acceptors (Lipinski definition) is 3. The number of halogens is 2. The number of hydrogen-bond donors (Lipinski definition) is 1. The maximum absolute atomic E-state index is 13.8. The van der Waals surface area contributed by atoms with Crippen LogP contribution in [0.3, 0.4) is 0 Å². The first kappa shape index (κ1) is 15.4. The van der Waals surface area contributed by atoms with Crippen molar-refractivity contribution in [2.75, 3.05) is 5.32 Å². The van der Waals surface area contributed by atoms with Crippen LogP contribution in [-0.2, 0) is 0 Å². The zero-order chi connectivity index (χ0) is 16.6. The summed E-state index contributed by atoms with van der Waals surface area (Å²) in [5, 5.41) is 7.93. The highest BCUT2D eigenvalue weighted by atomic mass is 35.5. The van der Waals surface area contributed by atoms with Crippen molar-refractivity contribution in [2.45, 2.75) is 19.9 Å². The molecule has 5 nitrogen and oxygen atoms in total. The van der Waals surface area contributed by atoms with Crippen LogP contribution in [0.5, 0.6) is 0 Å². The Morgan fingerprint density at radius 2 is 2.09 bits per heavy atom. The van der Waals surface area contributed by atoms with E-state index in [1.165, 1.54) is 18.3 Å². The van der Waals surface area contributed by atoms with Gasteiger partial charge >= 0.3 is 0 Å². The molecule has 0 radical (unpaired) electrons. The first-order chi connectivity index (χ1) is 11.0. The fourth-order valence-corrected chi connectivity index (χ4v) is 2.42. The predicted octanol–water partition coefficient (Wildman–Crippen LogP) is 4.06. The van der Waals surface area contributed by atoms with Crippen LogP contribution < -0.4 is 5.32 Å². The maximum Gasteiger partial charge on any atom is 0.258 e. The van der Waals surface area contributed by atoms with Gasteiger partial charge in [-0.3, -0.25) is 4.79 Å². The number of fused-ring (bicyclic) bond motifs is 1. The van der Waals surface area contributed by atoms with Gasteiger partial charge in [0.1, 0.15) is 5.82 Å². The second-order valence-corrected chi connectivity index (χ2v) is 5.83. The molecule has 2 aromatic heterocycles. The fourth-order valence-electron chi connectivity index (χ4n) is 2.26. The molecule has 0 saturated heterocycles. The van der Waals surface area contributed by atoms with E-state index in [1.54, 1.807) is 16.9 Å². The predicted molar refractivity (Wildman–Crippen MR) is 87.3 cm³/mol. The minimum Gasteiger partial charge on any atom is -0.320 e. The number of anilines is 1. The van der Waals surface area contributed by atoms with E-state index in [0.717, 1.165) is 17.1 Å². The normalized spacial score (nSPS) is 11.2. The molecule has 0 atom stereocenters. The number of rotatable bonds is 3. The van der Waals surface area contributed by atoms with Gasteiger partial charge in [-0.25, -0.2) is 14.1 Å². The number of aromatic nitrogens is 3. The second kappa shape index (κ2) is 5.96. The van der Waals surface area contributed by atoms with Gasteiger partial charge in [0, 0.05) is 16.5 Å². The van der Waals surface area contributed by atoms with Crippen LogP contribution in [-0.4, -0.2) is 20.7 Å². The highest BCUT2D eigenvalue weighted by Gasteiger charge is 2.14. The molecule has 3 aromatic rings. The Kier molecular flexibility index (Phi) is 4.00. The minimum absolute atomic E-state index is 0.0765. The van der Waals surface area contributed by atoms with Gasteiger partial charge in [0.05, 0.1) is 23.6 Å². The van der Waals surface area contributed by atoms with E-state index in [4.69, 9.17) is 11.6 Å². The Balaban J connectivity index is 1.88. The minimum atomic E-state index is -0.670. The van der Waals surface area contributed by atoms with Crippen molar-refractivity contribution in [1.82, 2.24) is 14.8 Å². The number of carbonyl (C=O) groups excluding carboxylic acids is 1. The molecule has 3 rings (SSSR count). The molecule has 0 aliphatic carbocycles. The second-order valence-electron chi connectivity index (χ2n) is 5.40. The fraction of sp³-hybridized carbons (Fsp3) is 0.188. The van der Waals surface area contributed by atoms with Gasteiger partial charge in [-0.05, 0) is 38.1 Å². The number of amides is 1. The van der Waals surface area contributed by atoms with Crippen LogP contribution in [0.1, 0.15) is 30.2 Å². The van der Waals surface area contributed by atoms with Gasteiger partial charge in [-0.2, -0.15) is 5.10 Å². The number of benzene rings is 1. The van der Waals surface area contributed by atoms with Crippen molar-refractivity contribution >= 4 is 34.2 Å². The van der Waals surface area contributed by atoms with Crippen LogP contribution in [0.2, 0.25) is 5.02 Å². The Labute approximate surface area is 137 Å². The molecule has 1 N–H and O–H groups in total. The summed E-state index contributed by atoms with van der Waals surface area (Å²) in [5.41, 5.74) is 1.13. The third-order valence-corrected chi connectivity index (χ3v) is 3.59. The summed E-state index contributed by atoms with van der Waals surface area (Å²) in [4.78, 5) is 16.5. The summed E-state index contributed by atoms with van der Waals surface area (Å²) >= 11 is 5.68. The van der Waals surface area contributed by atoms with Crippen molar-refractivity contribution in [3.8, 4) is 0 Å². The van der Waals surface area contributed by atoms with Gasteiger partial charge in [0.25, 0.3) is 5.91 Å². The quantitative estimate of drug-likeness (QED) is 0.787. The summed E-state index contributed by atoms with van der Waals surface area (Å²) < 4.78 is 15.6. The lowest BCUT2D eigenvalue weighted by atomic mass is 10.2. The van der Waals surface area contributed by atoms with Crippen LogP contribution in [0.15, 0.2) is 36.7 Å². The Morgan fingerprint density at radius 1 is 1.30 bits per heavy atom. The zero-order valence-corrected chi connectivity index (χ0v) is 13.3. The first-order valence-corrected chi connectivity index (χ1v) is 7.43. The lowest BCUT2D eigenvalue weighted by molar-refractivity contribution is 0.102. The molecule has 118 valence electrons. The van der Waals surface area contributed by atoms with E-state index < -0.39 is 11.7 Å². The molecule has 0 fully saturated rings. The topological polar surface area (TPSA) is 59.8 Å². The van der Waals surface area contributed by atoms with E-state index in [0.29, 0.717) is 5.69 Å². The molecule has 0 bridgehead atoms. The van der Waals surface area contributed by atoms with Crippen molar-refractivity contribution in [1.29, 1.82) is 0 Å². The summed E-state index contributed by atoms with van der Waals surface area (Å²) in [6.07, 6.45) is 3.20. The molecule has 0 spiro atoms. The van der Waals surface area contributed by atoms with E-state index in [1.807, 2.05) is 13.8 Å². The van der Waals surface area contributed by atoms with E-state index in [-0.39, 0.29) is 16.6 Å². The molecule has 0 saturated carbocycles. The zero-order valence-electron chi connectivity index (χ0n) is 12.5. The lowest BCUT2D eigenvalue weighted by Gasteiger charge is -2.08. The van der Waals surface area contributed by atoms with Gasteiger partial charge < -0.3 is 5.32 Å². The highest BCUT2D eigenvalue weighted by Crippen LogP contribution is 2.20. The SMILES string of the molecule is CC(C)n1ncc2cc(NC(=O)c3ccc(Cl)cc3F)cnc21. The molecule has 7 heteroatoms. The van der Waals surface area contributed by atoms with Crippen LogP contribution >= 0.6 is 11.6 Å². The first-order valence-electron chi connectivity index (χ1n) is 7.05. The molecule has 1 aromatic carbocycles. The van der Waals surface area contributed by atoms with Gasteiger partial charge in [0.15, 0.2) is 5.65 Å². The summed E-state index contributed by atoms with van der Waals surface area (Å²) in [6, 6.07) is 5.84. The molecular formula is C16H14ClFN4O. The largest absolute Gasteiger partial charge is 0.320 e. The molecule has 0 aliphatic rings. The molecule has 2 heterocycles. The maximum atomic E-state index is 13.8. The van der Waals surface area contributed by atoms with Crippen LogP contribution in [0.4, 0.5) is 10.1 Å². The Morgan fingerprint density at radius 3 is 2.78 bits per heavy atom. The number of pyridine rings is 1. The molecule has 1 amide bonds. The molecule has 0 unspecified atom stereocenters. The van der Waals surface area contributed by atoms with Crippen molar-refractivity contribution in [3.63, 3.8) is 0 Å². The molecule has 23 heavy (non-hydrogen) atoms. The lowest BCUT2D eigenvalue weighted by Crippen LogP contribution is -2.14. The highest BCUT2D eigenvalue weighted by molar-refractivity contribution is 6.30. The Bertz CT molecular complexity index is 891.